The van der Waals surface area contributed by atoms with Gasteiger partial charge in [-0.25, -0.2) is 4.39 Å². The molecule has 1 aromatic heterocycles. The number of amides is 1. The second-order valence-corrected chi connectivity index (χ2v) is 6.78. The third-order valence-electron chi connectivity index (χ3n) is 4.98. The topological polar surface area (TPSA) is 59.4 Å². The quantitative estimate of drug-likeness (QED) is 0.903. The molecule has 0 unspecified atom stereocenters. The number of carbonyl (C=O) groups is 1. The van der Waals surface area contributed by atoms with Gasteiger partial charge in [0.05, 0.1) is 31.1 Å². The number of rotatable bonds is 4. The molecule has 0 saturated carbocycles. The van der Waals surface area contributed by atoms with E-state index < -0.39 is 0 Å². The lowest BCUT2D eigenvalue weighted by atomic mass is 10.1. The van der Waals surface area contributed by atoms with Crippen LogP contribution >= 0.6 is 0 Å². The summed E-state index contributed by atoms with van der Waals surface area (Å²) in [6, 6.07) is 8.37. The Morgan fingerprint density at radius 3 is 2.96 bits per heavy atom. The molecule has 1 atom stereocenters. The number of aromatic nitrogens is 2. The van der Waals surface area contributed by atoms with Crippen LogP contribution in [0.25, 0.3) is 0 Å². The average Bonchev–Trinajstić information content (AvgIpc) is 3.10. The van der Waals surface area contributed by atoms with E-state index in [1.807, 2.05) is 9.58 Å². The molecular formula is C19H23FN4O2. The first-order valence-corrected chi connectivity index (χ1v) is 9.10. The fraction of sp³-hybridized carbons (Fsp3) is 0.474. The highest BCUT2D eigenvalue weighted by molar-refractivity contribution is 5.76. The maximum atomic E-state index is 13.1. The summed E-state index contributed by atoms with van der Waals surface area (Å²) in [5.74, 6) is -0.153. The number of nitrogens with one attached hydrogen (secondary N) is 1. The third kappa shape index (κ3) is 3.78. The molecule has 1 fully saturated rings. The predicted octanol–water partition coefficient (Wildman–Crippen LogP) is 1.66. The first-order valence-electron chi connectivity index (χ1n) is 9.10. The Morgan fingerprint density at radius 2 is 2.15 bits per heavy atom. The Labute approximate surface area is 151 Å². The van der Waals surface area contributed by atoms with Gasteiger partial charge in [0.15, 0.2) is 0 Å². The number of fused-ring (bicyclic) bond motifs is 1. The van der Waals surface area contributed by atoms with Crippen molar-refractivity contribution in [3.63, 3.8) is 0 Å². The van der Waals surface area contributed by atoms with Gasteiger partial charge in [-0.05, 0) is 23.8 Å². The fourth-order valence-electron chi connectivity index (χ4n) is 3.52. The number of carbonyl (C=O) groups excluding carboxylic acids is 1. The number of hydrogen-bond acceptors (Lipinski definition) is 4. The standard InChI is InChI=1S/C19H23FN4O2/c20-15-3-1-14(2-4-15)18-13-23(9-10-26-18)19(25)6-5-16-11-17-12-21-7-8-24(17)22-16/h1-4,11,18,21H,5-10,12-13H2/t18-/m1/s1. The van der Waals surface area contributed by atoms with Crippen LogP contribution in [-0.2, 0) is 29.0 Å². The van der Waals surface area contributed by atoms with Crippen molar-refractivity contribution in [3.05, 3.63) is 53.1 Å². The minimum Gasteiger partial charge on any atom is -0.370 e. The van der Waals surface area contributed by atoms with Gasteiger partial charge in [0.1, 0.15) is 11.9 Å². The number of morpholine rings is 1. The van der Waals surface area contributed by atoms with E-state index in [0.717, 1.165) is 30.9 Å². The minimum absolute atomic E-state index is 0.115. The molecule has 0 bridgehead atoms. The Hall–Kier alpha value is -2.25. The molecule has 0 aliphatic carbocycles. The van der Waals surface area contributed by atoms with Crippen LogP contribution < -0.4 is 5.32 Å². The summed E-state index contributed by atoms with van der Waals surface area (Å²) in [7, 11) is 0. The number of aryl methyl sites for hydroxylation is 1. The summed E-state index contributed by atoms with van der Waals surface area (Å²) < 4.78 is 20.9. The normalized spacial score (nSPS) is 20.0. The first kappa shape index (κ1) is 17.2. The van der Waals surface area contributed by atoms with Crippen LogP contribution in [0.1, 0.15) is 29.5 Å². The van der Waals surface area contributed by atoms with Crippen LogP contribution in [-0.4, -0.2) is 46.8 Å². The van der Waals surface area contributed by atoms with Crippen molar-refractivity contribution in [3.8, 4) is 0 Å². The van der Waals surface area contributed by atoms with Gasteiger partial charge in [-0.3, -0.25) is 9.48 Å². The minimum atomic E-state index is -0.268. The summed E-state index contributed by atoms with van der Waals surface area (Å²) in [6.07, 6.45) is 0.900. The van der Waals surface area contributed by atoms with Crippen LogP contribution in [0.15, 0.2) is 30.3 Å². The maximum absolute atomic E-state index is 13.1. The molecule has 1 aromatic carbocycles. The monoisotopic (exact) mass is 358 g/mol. The second-order valence-electron chi connectivity index (χ2n) is 6.78. The van der Waals surface area contributed by atoms with Crippen LogP contribution in [0.5, 0.6) is 0 Å². The molecule has 3 heterocycles. The molecule has 2 aromatic rings. The molecule has 2 aliphatic heterocycles. The van der Waals surface area contributed by atoms with Gasteiger partial charge in [-0.15, -0.1) is 0 Å². The molecule has 4 rings (SSSR count). The number of benzene rings is 1. The van der Waals surface area contributed by atoms with Crippen molar-refractivity contribution in [2.45, 2.75) is 32.0 Å². The number of nitrogens with zero attached hydrogens (tertiary/aromatic N) is 3. The van der Waals surface area contributed by atoms with Crippen molar-refractivity contribution in [1.82, 2.24) is 20.0 Å². The van der Waals surface area contributed by atoms with Gasteiger partial charge in [-0.2, -0.15) is 5.10 Å². The molecular weight excluding hydrogens is 335 g/mol. The Balaban J connectivity index is 1.34. The summed E-state index contributed by atoms with van der Waals surface area (Å²) in [4.78, 5) is 14.5. The van der Waals surface area contributed by atoms with Gasteiger partial charge in [0.2, 0.25) is 5.91 Å². The molecule has 138 valence electrons. The van der Waals surface area contributed by atoms with Crippen LogP contribution in [0.2, 0.25) is 0 Å². The summed E-state index contributed by atoms with van der Waals surface area (Å²) in [6.45, 7) is 4.26. The largest absolute Gasteiger partial charge is 0.370 e. The van der Waals surface area contributed by atoms with Gasteiger partial charge >= 0.3 is 0 Å². The molecule has 1 N–H and O–H groups in total. The van der Waals surface area contributed by atoms with Gasteiger partial charge < -0.3 is 15.0 Å². The number of halogens is 1. The van der Waals surface area contributed by atoms with Crippen LogP contribution in [0, 0.1) is 5.82 Å². The Bertz CT molecular complexity index is 751. The van der Waals surface area contributed by atoms with E-state index in [9.17, 15) is 9.18 Å². The summed E-state index contributed by atoms with van der Waals surface area (Å²) in [5.41, 5.74) is 3.06. The van der Waals surface area contributed by atoms with Gasteiger partial charge in [-0.1, -0.05) is 12.1 Å². The summed E-state index contributed by atoms with van der Waals surface area (Å²) >= 11 is 0. The van der Waals surface area contributed by atoms with Crippen LogP contribution in [0.4, 0.5) is 4.39 Å². The predicted molar refractivity (Wildman–Crippen MR) is 93.9 cm³/mol. The van der Waals surface area contributed by atoms with Crippen molar-refractivity contribution in [1.29, 1.82) is 0 Å². The molecule has 0 spiro atoms. The molecule has 7 heteroatoms. The third-order valence-corrected chi connectivity index (χ3v) is 4.98. The highest BCUT2D eigenvalue weighted by Gasteiger charge is 2.25. The van der Waals surface area contributed by atoms with Crippen molar-refractivity contribution in [2.75, 3.05) is 26.2 Å². The number of hydrogen-bond donors (Lipinski definition) is 1. The zero-order chi connectivity index (χ0) is 17.9. The average molecular weight is 358 g/mol. The lowest BCUT2D eigenvalue weighted by Gasteiger charge is -2.33. The molecule has 1 saturated heterocycles. The van der Waals surface area contributed by atoms with Crippen molar-refractivity contribution >= 4 is 5.91 Å². The van der Waals surface area contributed by atoms with E-state index in [1.165, 1.54) is 17.8 Å². The van der Waals surface area contributed by atoms with Gasteiger partial charge in [0.25, 0.3) is 0 Å². The number of ether oxygens (including phenoxy) is 1. The van der Waals surface area contributed by atoms with E-state index in [4.69, 9.17) is 4.74 Å². The maximum Gasteiger partial charge on any atom is 0.223 e. The van der Waals surface area contributed by atoms with Crippen LogP contribution in [0.3, 0.4) is 0 Å². The second kappa shape index (κ2) is 7.55. The highest BCUT2D eigenvalue weighted by Crippen LogP contribution is 2.23. The molecule has 1 amide bonds. The van der Waals surface area contributed by atoms with E-state index in [2.05, 4.69) is 16.5 Å². The Morgan fingerprint density at radius 1 is 1.31 bits per heavy atom. The van der Waals surface area contributed by atoms with E-state index in [0.29, 0.717) is 32.5 Å². The zero-order valence-corrected chi connectivity index (χ0v) is 14.7. The summed E-state index contributed by atoms with van der Waals surface area (Å²) in [5, 5.41) is 7.91. The zero-order valence-electron chi connectivity index (χ0n) is 14.7. The Kier molecular flexibility index (Phi) is 4.99. The van der Waals surface area contributed by atoms with E-state index in [-0.39, 0.29) is 17.8 Å². The van der Waals surface area contributed by atoms with E-state index in [1.54, 1.807) is 12.1 Å². The fourth-order valence-corrected chi connectivity index (χ4v) is 3.52. The lowest BCUT2D eigenvalue weighted by molar-refractivity contribution is -0.139. The molecule has 26 heavy (non-hydrogen) atoms. The van der Waals surface area contributed by atoms with Gasteiger partial charge in [0, 0.05) is 32.5 Å². The smallest absolute Gasteiger partial charge is 0.223 e. The van der Waals surface area contributed by atoms with E-state index >= 15 is 0 Å². The SMILES string of the molecule is O=C(CCc1cc2n(n1)CCNC2)N1CCO[C@@H](c2ccc(F)cc2)C1. The lowest BCUT2D eigenvalue weighted by Crippen LogP contribution is -2.42. The molecule has 0 radical (unpaired) electrons. The highest BCUT2D eigenvalue weighted by atomic mass is 19.1. The first-order chi connectivity index (χ1) is 12.7. The van der Waals surface area contributed by atoms with Crippen molar-refractivity contribution < 1.29 is 13.9 Å². The molecule has 2 aliphatic rings. The molecule has 6 nitrogen and oxygen atoms in total. The van der Waals surface area contributed by atoms with Crippen molar-refractivity contribution in [2.24, 2.45) is 0 Å².